The lowest BCUT2D eigenvalue weighted by Gasteiger charge is -2.24. The Kier molecular flexibility index (Phi) is 5.21. The highest BCUT2D eigenvalue weighted by Crippen LogP contribution is 2.27. The first kappa shape index (κ1) is 14.9. The largest absolute Gasteiger partial charge is 0.313 e. The highest BCUT2D eigenvalue weighted by molar-refractivity contribution is 8.00. The van der Waals surface area contributed by atoms with Crippen molar-refractivity contribution in [1.29, 1.82) is 0 Å². The van der Waals surface area contributed by atoms with Crippen LogP contribution in [0.4, 0.5) is 0 Å². The minimum absolute atomic E-state index is 0.619. The molecule has 2 heteroatoms. The van der Waals surface area contributed by atoms with Crippen molar-refractivity contribution in [3.63, 3.8) is 0 Å². The van der Waals surface area contributed by atoms with E-state index in [0.717, 1.165) is 12.6 Å². The molecule has 3 rings (SSSR count). The normalized spacial score (nSPS) is 18.0. The molecule has 1 fully saturated rings. The first-order chi connectivity index (χ1) is 10.3. The van der Waals surface area contributed by atoms with Crippen molar-refractivity contribution >= 4 is 22.5 Å². The summed E-state index contributed by atoms with van der Waals surface area (Å²) >= 11 is 1.98. The van der Waals surface area contributed by atoms with Crippen LogP contribution >= 0.6 is 11.8 Å². The van der Waals surface area contributed by atoms with Gasteiger partial charge >= 0.3 is 0 Å². The molecule has 0 aliphatic heterocycles. The molecule has 0 amide bonds. The van der Waals surface area contributed by atoms with E-state index in [1.54, 1.807) is 0 Å². The predicted molar refractivity (Wildman–Crippen MR) is 94.1 cm³/mol. The summed E-state index contributed by atoms with van der Waals surface area (Å²) in [6.45, 7) is 3.44. The highest BCUT2D eigenvalue weighted by Gasteiger charge is 2.14. The van der Waals surface area contributed by atoms with Gasteiger partial charge in [0.1, 0.15) is 0 Å². The van der Waals surface area contributed by atoms with Crippen LogP contribution < -0.4 is 5.32 Å². The molecule has 0 saturated heterocycles. The van der Waals surface area contributed by atoms with Crippen LogP contribution in [0.5, 0.6) is 0 Å². The second-order valence-corrected chi connectivity index (χ2v) is 7.69. The number of hydrogen-bond donors (Lipinski definition) is 1. The zero-order valence-corrected chi connectivity index (χ0v) is 13.7. The van der Waals surface area contributed by atoms with E-state index in [0.29, 0.717) is 5.25 Å². The topological polar surface area (TPSA) is 12.0 Å². The molecule has 0 spiro atoms. The fraction of sp³-hybridized carbons (Fsp3) is 0.474. The second-order valence-electron chi connectivity index (χ2n) is 6.18. The highest BCUT2D eigenvalue weighted by atomic mass is 32.2. The Morgan fingerprint density at radius 2 is 1.81 bits per heavy atom. The third-order valence-corrected chi connectivity index (χ3v) is 5.45. The van der Waals surface area contributed by atoms with Crippen LogP contribution in [0.3, 0.4) is 0 Å². The van der Waals surface area contributed by atoms with E-state index in [-0.39, 0.29) is 0 Å². The van der Waals surface area contributed by atoms with Gasteiger partial charge in [-0.15, -0.1) is 11.8 Å². The van der Waals surface area contributed by atoms with Crippen LogP contribution in [-0.2, 0) is 0 Å². The molecule has 0 heterocycles. The lowest BCUT2D eigenvalue weighted by Crippen LogP contribution is -2.35. The maximum absolute atomic E-state index is 3.76. The summed E-state index contributed by atoms with van der Waals surface area (Å²) in [7, 11) is 0. The Hall–Kier alpha value is -0.990. The summed E-state index contributed by atoms with van der Waals surface area (Å²) in [5.74, 6) is 0. The van der Waals surface area contributed by atoms with Crippen molar-refractivity contribution < 1.29 is 0 Å². The van der Waals surface area contributed by atoms with Crippen LogP contribution in [0.25, 0.3) is 10.8 Å². The first-order valence-corrected chi connectivity index (χ1v) is 9.08. The van der Waals surface area contributed by atoms with Crippen LogP contribution in [0.15, 0.2) is 47.4 Å². The van der Waals surface area contributed by atoms with Gasteiger partial charge in [0.15, 0.2) is 0 Å². The molecule has 1 nitrogen and oxygen atoms in total. The van der Waals surface area contributed by atoms with Gasteiger partial charge in [0.05, 0.1) is 0 Å². The van der Waals surface area contributed by atoms with Crippen molar-refractivity contribution in [2.45, 2.75) is 55.2 Å². The van der Waals surface area contributed by atoms with E-state index in [9.17, 15) is 0 Å². The van der Waals surface area contributed by atoms with Crippen molar-refractivity contribution in [1.82, 2.24) is 5.32 Å². The molecule has 1 aliphatic carbocycles. The van der Waals surface area contributed by atoms with Gasteiger partial charge in [-0.25, -0.2) is 0 Å². The van der Waals surface area contributed by atoms with Crippen molar-refractivity contribution in [3.8, 4) is 0 Å². The molecule has 1 aliphatic rings. The lowest BCUT2D eigenvalue weighted by molar-refractivity contribution is 0.375. The Balaban J connectivity index is 1.54. The van der Waals surface area contributed by atoms with Gasteiger partial charge in [-0.1, -0.05) is 56.5 Å². The number of rotatable bonds is 5. The summed E-state index contributed by atoms with van der Waals surface area (Å²) in [6, 6.07) is 16.2. The molecule has 112 valence electrons. The van der Waals surface area contributed by atoms with Gasteiger partial charge in [0.2, 0.25) is 0 Å². The minimum atomic E-state index is 0.619. The van der Waals surface area contributed by atoms with Gasteiger partial charge < -0.3 is 5.32 Å². The van der Waals surface area contributed by atoms with Crippen molar-refractivity contribution in [3.05, 3.63) is 42.5 Å². The summed E-state index contributed by atoms with van der Waals surface area (Å²) < 4.78 is 0. The maximum atomic E-state index is 3.76. The molecule has 1 unspecified atom stereocenters. The van der Waals surface area contributed by atoms with Gasteiger partial charge in [-0.05, 0) is 35.7 Å². The summed E-state index contributed by atoms with van der Waals surface area (Å²) in [5.41, 5.74) is 0. The molecule has 2 aromatic rings. The average molecular weight is 299 g/mol. The summed E-state index contributed by atoms with van der Waals surface area (Å²) in [4.78, 5) is 1.38. The third kappa shape index (κ3) is 4.24. The first-order valence-electron chi connectivity index (χ1n) is 8.20. The Bertz CT molecular complexity index is 575. The van der Waals surface area contributed by atoms with Gasteiger partial charge in [-0.2, -0.15) is 0 Å². The van der Waals surface area contributed by atoms with E-state index >= 15 is 0 Å². The van der Waals surface area contributed by atoms with Crippen LogP contribution in [0.2, 0.25) is 0 Å². The number of benzene rings is 2. The number of nitrogens with one attached hydrogen (secondary N) is 1. The van der Waals surface area contributed by atoms with Crippen molar-refractivity contribution in [2.75, 3.05) is 6.54 Å². The molecule has 0 bridgehead atoms. The van der Waals surface area contributed by atoms with E-state index in [1.807, 2.05) is 11.8 Å². The molecular formula is C19H25NS. The fourth-order valence-electron chi connectivity index (χ4n) is 3.15. The zero-order chi connectivity index (χ0) is 14.5. The molecule has 0 aromatic heterocycles. The maximum Gasteiger partial charge on any atom is 0.0191 e. The van der Waals surface area contributed by atoms with Gasteiger partial charge in [-0.3, -0.25) is 0 Å². The third-order valence-electron chi connectivity index (χ3n) is 4.36. The standard InChI is InChI=1S/C19H25NS/c1-15(14-20-18-9-3-2-4-10-18)21-19-12-11-16-7-5-6-8-17(16)13-19/h5-8,11-13,15,18,20H,2-4,9-10,14H2,1H3. The van der Waals surface area contributed by atoms with Crippen LogP contribution in [0.1, 0.15) is 39.0 Å². The molecule has 1 atom stereocenters. The molecular weight excluding hydrogens is 274 g/mol. The van der Waals surface area contributed by atoms with E-state index in [1.165, 1.54) is 47.8 Å². The number of thioether (sulfide) groups is 1. The van der Waals surface area contributed by atoms with E-state index in [4.69, 9.17) is 0 Å². The molecule has 1 saturated carbocycles. The molecule has 21 heavy (non-hydrogen) atoms. The van der Waals surface area contributed by atoms with Gasteiger partial charge in [0.25, 0.3) is 0 Å². The monoisotopic (exact) mass is 299 g/mol. The quantitative estimate of drug-likeness (QED) is 0.757. The predicted octanol–water partition coefficient (Wildman–Crippen LogP) is 5.24. The summed E-state index contributed by atoms with van der Waals surface area (Å²) in [6.07, 6.45) is 6.98. The van der Waals surface area contributed by atoms with E-state index in [2.05, 4.69) is 54.7 Å². The SMILES string of the molecule is CC(CNC1CCCCC1)Sc1ccc2ccccc2c1. The number of hydrogen-bond acceptors (Lipinski definition) is 2. The van der Waals surface area contributed by atoms with Crippen LogP contribution in [0, 0.1) is 0 Å². The number of fused-ring (bicyclic) bond motifs is 1. The Morgan fingerprint density at radius 3 is 2.62 bits per heavy atom. The Morgan fingerprint density at radius 1 is 1.05 bits per heavy atom. The van der Waals surface area contributed by atoms with Crippen molar-refractivity contribution in [2.24, 2.45) is 0 Å². The lowest BCUT2D eigenvalue weighted by atomic mass is 9.95. The van der Waals surface area contributed by atoms with E-state index < -0.39 is 0 Å². The van der Waals surface area contributed by atoms with Gasteiger partial charge in [0, 0.05) is 22.7 Å². The fourth-order valence-corrected chi connectivity index (χ4v) is 4.14. The molecule has 2 aromatic carbocycles. The molecule has 0 radical (unpaired) electrons. The average Bonchev–Trinajstić information content (AvgIpc) is 2.54. The second kappa shape index (κ2) is 7.33. The Labute approximate surface area is 132 Å². The zero-order valence-electron chi connectivity index (χ0n) is 12.8. The summed E-state index contributed by atoms with van der Waals surface area (Å²) in [5, 5.41) is 7.05. The smallest absolute Gasteiger partial charge is 0.0191 e. The minimum Gasteiger partial charge on any atom is -0.313 e. The molecule has 1 N–H and O–H groups in total. The van der Waals surface area contributed by atoms with Crippen LogP contribution in [-0.4, -0.2) is 17.8 Å².